The van der Waals surface area contributed by atoms with Crippen LogP contribution >= 0.6 is 0 Å². The number of aromatic nitrogens is 6. The predicted octanol–water partition coefficient (Wildman–Crippen LogP) is 3.85. The van der Waals surface area contributed by atoms with Crippen molar-refractivity contribution in [3.8, 4) is 62.6 Å². The van der Waals surface area contributed by atoms with Gasteiger partial charge in [0.15, 0.2) is 0 Å². The van der Waals surface area contributed by atoms with Crippen LogP contribution in [0.15, 0.2) is 67.0 Å². The maximum atomic E-state index is 6.11. The zero-order valence-corrected chi connectivity index (χ0v) is 32.1. The van der Waals surface area contributed by atoms with E-state index in [1.165, 1.54) is 0 Å². The number of nitrogens with zero attached hydrogens (tertiary/aromatic N) is 6. The fourth-order valence-electron chi connectivity index (χ4n) is 5.10. The monoisotopic (exact) mass is 759 g/mol. The average Bonchev–Trinajstić information content (AvgIpc) is 3.91. The standard InChI is InChI=1S/C37H51N11O5.C2H6/c38-6-1-11-49-31-17-27(36-25-47(45-43-36)29-19-32(50-12-2-7-39)23-33(20-29)51-13-3-8-40)16-28(18-31)37-26-48(46-44-37)30-21-34(52-14-4-9-41)24-35(22-30)53-15-5-10-42;1-2/h16-26H,1-15,38-42H2;1-2H3. The van der Waals surface area contributed by atoms with E-state index in [1.807, 2.05) is 80.8 Å². The summed E-state index contributed by atoms with van der Waals surface area (Å²) >= 11 is 0. The molecule has 0 atom stereocenters. The van der Waals surface area contributed by atoms with Gasteiger partial charge in [-0.2, -0.15) is 0 Å². The summed E-state index contributed by atoms with van der Waals surface area (Å²) in [6.45, 7) is 9.00. The van der Waals surface area contributed by atoms with Gasteiger partial charge in [-0.05, 0) is 83.0 Å². The smallest absolute Gasteiger partial charge is 0.125 e. The summed E-state index contributed by atoms with van der Waals surface area (Å²) in [6.07, 6.45) is 7.27. The second-order valence-corrected chi connectivity index (χ2v) is 12.1. The first kappa shape index (κ1) is 42.5. The van der Waals surface area contributed by atoms with Gasteiger partial charge in [-0.25, -0.2) is 9.36 Å². The molecule has 3 aromatic carbocycles. The molecule has 0 bridgehead atoms. The third kappa shape index (κ3) is 13.2. The van der Waals surface area contributed by atoms with Crippen molar-refractivity contribution < 1.29 is 23.7 Å². The molecule has 0 aliphatic heterocycles. The Kier molecular flexibility index (Phi) is 18.2. The number of ether oxygens (including phenoxy) is 5. The molecule has 0 unspecified atom stereocenters. The van der Waals surface area contributed by atoms with Crippen LogP contribution in [-0.4, -0.2) is 95.7 Å². The Bertz CT molecular complexity index is 1670. The van der Waals surface area contributed by atoms with Crippen LogP contribution in [0, 0.1) is 0 Å². The van der Waals surface area contributed by atoms with E-state index in [4.69, 9.17) is 52.4 Å². The molecule has 298 valence electrons. The molecule has 0 aliphatic carbocycles. The second kappa shape index (κ2) is 23.5. The normalized spacial score (nSPS) is 10.8. The number of hydrogen-bond acceptors (Lipinski definition) is 14. The number of hydrogen-bond donors (Lipinski definition) is 5. The van der Waals surface area contributed by atoms with E-state index >= 15 is 0 Å². The van der Waals surface area contributed by atoms with Crippen molar-refractivity contribution >= 4 is 0 Å². The fourth-order valence-corrected chi connectivity index (χ4v) is 5.10. The highest BCUT2D eigenvalue weighted by Gasteiger charge is 2.15. The average molecular weight is 760 g/mol. The SMILES string of the molecule is CC.NCCCOc1cc(-c2cn(-c3cc(OCCCN)cc(OCCCN)c3)nn2)cc(-c2cn(-c3cc(OCCCN)cc(OCCCN)c3)nn2)c1. The van der Waals surface area contributed by atoms with E-state index < -0.39 is 0 Å². The number of nitrogens with two attached hydrogens (primary N) is 5. The van der Waals surface area contributed by atoms with Crippen LogP contribution < -0.4 is 52.4 Å². The summed E-state index contributed by atoms with van der Waals surface area (Å²) in [5.41, 5.74) is 32.6. The van der Waals surface area contributed by atoms with Crippen LogP contribution in [0.1, 0.15) is 46.0 Å². The molecule has 0 aliphatic rings. The Morgan fingerprint density at radius 2 is 0.709 bits per heavy atom. The topological polar surface area (TPSA) is 238 Å². The molecule has 0 saturated carbocycles. The molecule has 16 nitrogen and oxygen atoms in total. The predicted molar refractivity (Wildman–Crippen MR) is 214 cm³/mol. The van der Waals surface area contributed by atoms with Crippen molar-refractivity contribution in [1.82, 2.24) is 30.0 Å². The van der Waals surface area contributed by atoms with Gasteiger partial charge in [-0.1, -0.05) is 24.3 Å². The van der Waals surface area contributed by atoms with Crippen molar-refractivity contribution in [3.05, 3.63) is 67.0 Å². The van der Waals surface area contributed by atoms with E-state index in [0.29, 0.717) is 112 Å². The Balaban J connectivity index is 0.00000331. The summed E-state index contributed by atoms with van der Waals surface area (Å²) in [4.78, 5) is 0. The summed E-state index contributed by atoms with van der Waals surface area (Å²) in [5.74, 6) is 3.18. The molecule has 5 rings (SSSR count). The van der Waals surface area contributed by atoms with Crippen molar-refractivity contribution in [2.75, 3.05) is 65.8 Å². The minimum atomic E-state index is 0.451. The lowest BCUT2D eigenvalue weighted by atomic mass is 10.1. The molecule has 16 heteroatoms. The van der Waals surface area contributed by atoms with Crippen LogP contribution in [0.5, 0.6) is 28.7 Å². The minimum Gasteiger partial charge on any atom is -0.494 e. The van der Waals surface area contributed by atoms with E-state index in [-0.39, 0.29) is 0 Å². The third-order valence-corrected chi connectivity index (χ3v) is 7.83. The summed E-state index contributed by atoms with van der Waals surface area (Å²) in [7, 11) is 0. The molecule has 0 spiro atoms. The highest BCUT2D eigenvalue weighted by Crippen LogP contribution is 2.32. The van der Waals surface area contributed by atoms with Crippen molar-refractivity contribution in [3.63, 3.8) is 0 Å². The third-order valence-electron chi connectivity index (χ3n) is 7.83. The van der Waals surface area contributed by atoms with Gasteiger partial charge < -0.3 is 52.4 Å². The van der Waals surface area contributed by atoms with Gasteiger partial charge in [0.25, 0.3) is 0 Å². The van der Waals surface area contributed by atoms with Gasteiger partial charge in [-0.3, -0.25) is 0 Å². The Hall–Kier alpha value is -5.26. The number of benzene rings is 3. The first-order chi connectivity index (χ1) is 27.0. The molecule has 5 aromatic rings. The fraction of sp³-hybridized carbons (Fsp3) is 0.436. The van der Waals surface area contributed by atoms with Crippen molar-refractivity contribution in [2.24, 2.45) is 28.7 Å². The molecule has 0 saturated heterocycles. The van der Waals surface area contributed by atoms with Gasteiger partial charge in [0.05, 0.1) is 56.8 Å². The highest BCUT2D eigenvalue weighted by molar-refractivity contribution is 5.71. The minimum absolute atomic E-state index is 0.451. The molecular formula is C39H57N11O5. The van der Waals surface area contributed by atoms with E-state index in [1.54, 1.807) is 9.36 Å². The summed E-state index contributed by atoms with van der Waals surface area (Å²) in [5, 5.41) is 17.9. The Labute approximate surface area is 323 Å². The Morgan fingerprint density at radius 3 is 1.00 bits per heavy atom. The molecule has 0 radical (unpaired) electrons. The van der Waals surface area contributed by atoms with Gasteiger partial charge in [-0.15, -0.1) is 10.2 Å². The van der Waals surface area contributed by atoms with Crippen LogP contribution in [0.4, 0.5) is 0 Å². The van der Waals surface area contributed by atoms with Gasteiger partial charge in [0, 0.05) is 47.5 Å². The van der Waals surface area contributed by atoms with Crippen molar-refractivity contribution in [2.45, 2.75) is 46.0 Å². The van der Waals surface area contributed by atoms with Gasteiger partial charge in [0.1, 0.15) is 40.1 Å². The molecule has 2 heterocycles. The zero-order valence-electron chi connectivity index (χ0n) is 32.1. The quantitative estimate of drug-likeness (QED) is 0.0562. The lowest BCUT2D eigenvalue weighted by Crippen LogP contribution is -2.08. The first-order valence-corrected chi connectivity index (χ1v) is 19.0. The second-order valence-electron chi connectivity index (χ2n) is 12.1. The van der Waals surface area contributed by atoms with Crippen molar-refractivity contribution in [1.29, 1.82) is 0 Å². The molecular weight excluding hydrogens is 703 g/mol. The first-order valence-electron chi connectivity index (χ1n) is 19.0. The zero-order chi connectivity index (χ0) is 39.3. The Morgan fingerprint density at radius 1 is 0.418 bits per heavy atom. The lowest BCUT2D eigenvalue weighted by Gasteiger charge is -2.12. The molecule has 10 N–H and O–H groups in total. The number of rotatable bonds is 24. The molecule has 2 aromatic heterocycles. The van der Waals surface area contributed by atoms with Crippen LogP contribution in [-0.2, 0) is 0 Å². The molecule has 0 fully saturated rings. The van der Waals surface area contributed by atoms with Crippen LogP contribution in [0.2, 0.25) is 0 Å². The van der Waals surface area contributed by atoms with Crippen LogP contribution in [0.3, 0.4) is 0 Å². The van der Waals surface area contributed by atoms with Crippen LogP contribution in [0.25, 0.3) is 33.9 Å². The summed E-state index contributed by atoms with van der Waals surface area (Å²) in [6, 6.07) is 17.0. The van der Waals surface area contributed by atoms with E-state index in [2.05, 4.69) is 20.6 Å². The van der Waals surface area contributed by atoms with E-state index in [0.717, 1.165) is 48.2 Å². The maximum Gasteiger partial charge on any atom is 0.125 e. The van der Waals surface area contributed by atoms with E-state index in [9.17, 15) is 0 Å². The largest absolute Gasteiger partial charge is 0.494 e. The lowest BCUT2D eigenvalue weighted by molar-refractivity contribution is 0.297. The van der Waals surface area contributed by atoms with Gasteiger partial charge in [0.2, 0.25) is 0 Å². The maximum absolute atomic E-state index is 6.11. The summed E-state index contributed by atoms with van der Waals surface area (Å²) < 4.78 is 33.3. The van der Waals surface area contributed by atoms with Gasteiger partial charge >= 0.3 is 0 Å². The molecule has 0 amide bonds. The molecule has 55 heavy (non-hydrogen) atoms. The highest BCUT2D eigenvalue weighted by atomic mass is 16.5.